The molecule has 4 saturated heterocycles. The van der Waals surface area contributed by atoms with Gasteiger partial charge in [0.05, 0.1) is 0 Å². The number of rotatable bonds is 0. The second kappa shape index (κ2) is 4.19. The third kappa shape index (κ3) is 1.59. The van der Waals surface area contributed by atoms with Crippen molar-refractivity contribution in [1.82, 2.24) is 5.01 Å². The molecule has 0 radical (unpaired) electrons. The third-order valence-electron chi connectivity index (χ3n) is 6.30. The Morgan fingerprint density at radius 2 is 1.95 bits per heavy atom. The molecule has 5 rings (SSSR count). The molecular formula is C15H24N2O4. The SMILES string of the molecule is CC1CCC2[C@@H](C)C(=O)N(N)C3O[C@]4(C)CCC1C23OO4. The lowest BCUT2D eigenvalue weighted by atomic mass is 9.57. The van der Waals surface area contributed by atoms with E-state index in [9.17, 15) is 4.79 Å². The number of carbonyl (C=O) groups excluding carboxylic acids is 1. The van der Waals surface area contributed by atoms with Crippen molar-refractivity contribution < 1.29 is 19.3 Å². The van der Waals surface area contributed by atoms with Crippen LogP contribution in [-0.2, 0) is 19.3 Å². The van der Waals surface area contributed by atoms with E-state index in [0.717, 1.165) is 25.7 Å². The van der Waals surface area contributed by atoms with Gasteiger partial charge in [-0.05, 0) is 38.0 Å². The van der Waals surface area contributed by atoms with Gasteiger partial charge in [0.1, 0.15) is 0 Å². The Hall–Kier alpha value is -0.690. The molecule has 118 valence electrons. The molecule has 0 aromatic heterocycles. The second-order valence-electron chi connectivity index (χ2n) is 7.46. The number of amides is 1. The summed E-state index contributed by atoms with van der Waals surface area (Å²) in [5.41, 5.74) is -0.615. The molecule has 4 heterocycles. The maximum atomic E-state index is 12.5. The van der Waals surface area contributed by atoms with Gasteiger partial charge in [0, 0.05) is 18.3 Å². The maximum absolute atomic E-state index is 12.5. The van der Waals surface area contributed by atoms with Crippen molar-refractivity contribution in [3.05, 3.63) is 0 Å². The quantitative estimate of drug-likeness (QED) is 0.417. The summed E-state index contributed by atoms with van der Waals surface area (Å²) in [7, 11) is 0. The van der Waals surface area contributed by atoms with Crippen LogP contribution < -0.4 is 5.84 Å². The van der Waals surface area contributed by atoms with Crippen LogP contribution in [0.3, 0.4) is 0 Å². The van der Waals surface area contributed by atoms with Crippen LogP contribution in [0.2, 0.25) is 0 Å². The van der Waals surface area contributed by atoms with E-state index in [0.29, 0.717) is 11.8 Å². The highest BCUT2D eigenvalue weighted by Gasteiger charge is 2.70. The minimum absolute atomic E-state index is 0.0521. The van der Waals surface area contributed by atoms with E-state index in [1.165, 1.54) is 5.01 Å². The van der Waals surface area contributed by atoms with Crippen LogP contribution >= 0.6 is 0 Å². The fourth-order valence-corrected chi connectivity index (χ4v) is 5.09. The molecule has 0 aromatic carbocycles. The van der Waals surface area contributed by atoms with Gasteiger partial charge >= 0.3 is 0 Å². The molecule has 2 N–H and O–H groups in total. The van der Waals surface area contributed by atoms with Crippen LogP contribution in [0.15, 0.2) is 0 Å². The molecule has 6 nitrogen and oxygen atoms in total. The summed E-state index contributed by atoms with van der Waals surface area (Å²) < 4.78 is 6.14. The molecule has 1 aliphatic carbocycles. The molecule has 0 aromatic rings. The van der Waals surface area contributed by atoms with Crippen LogP contribution in [0.5, 0.6) is 0 Å². The molecule has 1 amide bonds. The Bertz CT molecular complexity index is 486. The van der Waals surface area contributed by atoms with Crippen molar-refractivity contribution in [2.45, 2.75) is 64.1 Å². The lowest BCUT2D eigenvalue weighted by Gasteiger charge is -2.60. The van der Waals surface area contributed by atoms with Gasteiger partial charge in [-0.3, -0.25) is 4.79 Å². The highest BCUT2D eigenvalue weighted by atomic mass is 17.3. The number of ether oxygens (including phenoxy) is 1. The Labute approximate surface area is 124 Å². The Kier molecular flexibility index (Phi) is 2.78. The Morgan fingerprint density at radius 3 is 2.71 bits per heavy atom. The molecule has 6 heteroatoms. The summed E-state index contributed by atoms with van der Waals surface area (Å²) >= 11 is 0. The average molecular weight is 296 g/mol. The molecule has 7 atom stereocenters. The van der Waals surface area contributed by atoms with Crippen molar-refractivity contribution >= 4 is 5.91 Å². The lowest BCUT2D eigenvalue weighted by molar-refractivity contribution is -0.548. The monoisotopic (exact) mass is 296 g/mol. The summed E-state index contributed by atoms with van der Waals surface area (Å²) in [5, 5.41) is 1.26. The van der Waals surface area contributed by atoms with Gasteiger partial charge in [-0.1, -0.05) is 13.8 Å². The Balaban J connectivity index is 1.87. The van der Waals surface area contributed by atoms with Gasteiger partial charge < -0.3 is 4.74 Å². The number of nitrogens with zero attached hydrogens (tertiary/aromatic N) is 1. The number of nitrogens with two attached hydrogens (primary N) is 1. The second-order valence-corrected chi connectivity index (χ2v) is 7.46. The number of piperidine rings is 1. The summed E-state index contributed by atoms with van der Waals surface area (Å²) in [6.07, 6.45) is 3.29. The molecule has 5 aliphatic rings. The summed E-state index contributed by atoms with van der Waals surface area (Å²) in [6, 6.07) is 0. The first-order chi connectivity index (χ1) is 9.89. The van der Waals surface area contributed by atoms with E-state index in [2.05, 4.69) is 6.92 Å². The molecule has 2 bridgehead atoms. The maximum Gasteiger partial charge on any atom is 0.242 e. The highest BCUT2D eigenvalue weighted by Crippen LogP contribution is 2.59. The molecule has 4 aliphatic heterocycles. The zero-order valence-corrected chi connectivity index (χ0v) is 12.9. The number of hydrogen-bond donors (Lipinski definition) is 1. The van der Waals surface area contributed by atoms with E-state index in [1.807, 2.05) is 13.8 Å². The van der Waals surface area contributed by atoms with Crippen molar-refractivity contribution in [2.24, 2.45) is 29.5 Å². The zero-order chi connectivity index (χ0) is 15.0. The molecular weight excluding hydrogens is 272 g/mol. The van der Waals surface area contributed by atoms with Crippen molar-refractivity contribution in [3.8, 4) is 0 Å². The summed E-state index contributed by atoms with van der Waals surface area (Å²) in [5.74, 6) is 6.03. The van der Waals surface area contributed by atoms with Crippen LogP contribution in [-0.4, -0.2) is 28.5 Å². The smallest absolute Gasteiger partial charge is 0.242 e. The predicted octanol–water partition coefficient (Wildman–Crippen LogP) is 1.55. The van der Waals surface area contributed by atoms with Gasteiger partial charge in [0.15, 0.2) is 11.8 Å². The molecule has 5 unspecified atom stereocenters. The first-order valence-electron chi connectivity index (χ1n) is 8.01. The first-order valence-corrected chi connectivity index (χ1v) is 8.01. The van der Waals surface area contributed by atoms with E-state index in [-0.39, 0.29) is 17.7 Å². The van der Waals surface area contributed by atoms with E-state index in [4.69, 9.17) is 20.4 Å². The average Bonchev–Trinajstić information content (AvgIpc) is 2.69. The minimum atomic E-state index is -0.810. The van der Waals surface area contributed by atoms with Gasteiger partial charge in [0.2, 0.25) is 11.7 Å². The van der Waals surface area contributed by atoms with Gasteiger partial charge in [-0.2, -0.15) is 0 Å². The predicted molar refractivity (Wildman–Crippen MR) is 73.0 cm³/mol. The van der Waals surface area contributed by atoms with E-state index < -0.39 is 17.6 Å². The molecule has 1 saturated carbocycles. The van der Waals surface area contributed by atoms with Gasteiger partial charge in [-0.15, -0.1) is 0 Å². The van der Waals surface area contributed by atoms with Crippen molar-refractivity contribution in [3.63, 3.8) is 0 Å². The minimum Gasteiger partial charge on any atom is -0.319 e. The summed E-state index contributed by atoms with van der Waals surface area (Å²) in [4.78, 5) is 24.2. The van der Waals surface area contributed by atoms with Gasteiger partial charge in [0.25, 0.3) is 0 Å². The highest BCUT2D eigenvalue weighted by molar-refractivity contribution is 5.80. The first kappa shape index (κ1) is 13.9. The standard InChI is InChI=1S/C15H24N2O4/c1-8-4-5-11-9(2)12(18)17(16)13-15(11)10(8)6-7-14(3,19-13)20-21-15/h8-11,13H,4-7,16H2,1-3H3/t8?,9-,10?,11?,13?,14+,15?/m1/s1. The van der Waals surface area contributed by atoms with Crippen LogP contribution in [0.1, 0.15) is 46.5 Å². The van der Waals surface area contributed by atoms with Crippen LogP contribution in [0.25, 0.3) is 0 Å². The Morgan fingerprint density at radius 1 is 1.19 bits per heavy atom. The van der Waals surface area contributed by atoms with Crippen LogP contribution in [0, 0.1) is 23.7 Å². The van der Waals surface area contributed by atoms with Crippen LogP contribution in [0.4, 0.5) is 0 Å². The summed E-state index contributed by atoms with van der Waals surface area (Å²) in [6.45, 7) is 6.08. The van der Waals surface area contributed by atoms with Gasteiger partial charge in [-0.25, -0.2) is 20.6 Å². The topological polar surface area (TPSA) is 74.0 Å². The normalized spacial score (nSPS) is 56.1. The number of carbonyl (C=O) groups is 1. The zero-order valence-electron chi connectivity index (χ0n) is 12.9. The third-order valence-corrected chi connectivity index (χ3v) is 6.30. The lowest BCUT2D eigenvalue weighted by Crippen LogP contribution is -2.76. The fourth-order valence-electron chi connectivity index (χ4n) is 5.09. The largest absolute Gasteiger partial charge is 0.319 e. The number of hydrogen-bond acceptors (Lipinski definition) is 5. The molecule has 5 fully saturated rings. The molecule has 1 spiro atoms. The van der Waals surface area contributed by atoms with Crippen molar-refractivity contribution in [2.75, 3.05) is 0 Å². The number of hydrazine groups is 1. The fraction of sp³-hybridized carbons (Fsp3) is 0.933. The molecule has 21 heavy (non-hydrogen) atoms. The van der Waals surface area contributed by atoms with E-state index in [1.54, 1.807) is 0 Å². The van der Waals surface area contributed by atoms with Crippen molar-refractivity contribution in [1.29, 1.82) is 0 Å². The number of fused-ring (bicyclic) bond motifs is 2. The van der Waals surface area contributed by atoms with E-state index >= 15 is 0 Å².